The van der Waals surface area contributed by atoms with Gasteiger partial charge >= 0.3 is 0 Å². The first-order chi connectivity index (χ1) is 15.5. The van der Waals surface area contributed by atoms with Gasteiger partial charge in [-0.15, -0.1) is 0 Å². The number of likely N-dealkylation sites (tertiary alicyclic amines) is 1. The van der Waals surface area contributed by atoms with Crippen LogP contribution in [0.5, 0.6) is 0 Å². The zero-order valence-corrected chi connectivity index (χ0v) is 20.6. The average molecular weight is 444 g/mol. The molecule has 0 N–H and O–H groups in total. The Morgan fingerprint density at radius 2 is 2.09 bits per heavy atom. The molecular weight excluding hydrogens is 402 g/mol. The van der Waals surface area contributed by atoms with E-state index in [4.69, 9.17) is 18.9 Å². The second-order valence-corrected chi connectivity index (χ2v) is 11.5. The molecule has 5 heteroatoms. The smallest absolute Gasteiger partial charge is 0.100 e. The Morgan fingerprint density at radius 3 is 2.84 bits per heavy atom. The van der Waals surface area contributed by atoms with Gasteiger partial charge in [-0.25, -0.2) is 0 Å². The number of methoxy groups -OCH3 is 2. The molecule has 4 aliphatic carbocycles. The summed E-state index contributed by atoms with van der Waals surface area (Å²) in [4.78, 5) is 2.69. The van der Waals surface area contributed by atoms with Gasteiger partial charge in [0.15, 0.2) is 0 Å². The van der Waals surface area contributed by atoms with Crippen molar-refractivity contribution in [2.45, 2.75) is 82.3 Å². The van der Waals surface area contributed by atoms with Crippen molar-refractivity contribution >= 4 is 0 Å². The molecule has 6 fully saturated rings. The third kappa shape index (κ3) is 2.42. The molecular formula is C27H41NO4. The van der Waals surface area contributed by atoms with Crippen molar-refractivity contribution in [2.24, 2.45) is 22.7 Å². The number of epoxide rings is 1. The topological polar surface area (TPSA) is 43.5 Å². The maximum Gasteiger partial charge on any atom is 0.100 e. The first-order valence-electron chi connectivity index (χ1n) is 12.9. The van der Waals surface area contributed by atoms with Crippen LogP contribution in [0.25, 0.3) is 0 Å². The summed E-state index contributed by atoms with van der Waals surface area (Å²) >= 11 is 0. The van der Waals surface area contributed by atoms with Crippen molar-refractivity contribution in [3.05, 3.63) is 23.3 Å². The fraction of sp³-hybridized carbons (Fsp3) is 0.852. The minimum atomic E-state index is -0.218. The Morgan fingerprint density at radius 1 is 1.25 bits per heavy atom. The van der Waals surface area contributed by atoms with E-state index in [2.05, 4.69) is 37.9 Å². The van der Waals surface area contributed by atoms with Crippen molar-refractivity contribution < 1.29 is 18.9 Å². The zero-order valence-electron chi connectivity index (χ0n) is 20.6. The van der Waals surface area contributed by atoms with E-state index in [1.807, 2.05) is 7.11 Å². The van der Waals surface area contributed by atoms with Gasteiger partial charge in [0.05, 0.1) is 31.5 Å². The highest BCUT2D eigenvalue weighted by atomic mass is 16.6. The van der Waals surface area contributed by atoms with E-state index in [0.29, 0.717) is 36.7 Å². The Hall–Kier alpha value is -0.720. The molecule has 5 nitrogen and oxygen atoms in total. The first-order valence-corrected chi connectivity index (χ1v) is 12.9. The highest BCUT2D eigenvalue weighted by Gasteiger charge is 2.82. The Bertz CT molecular complexity index is 840. The molecule has 0 radical (unpaired) electrons. The van der Waals surface area contributed by atoms with E-state index in [0.717, 1.165) is 26.0 Å². The number of ether oxygens (including phenoxy) is 4. The molecule has 32 heavy (non-hydrogen) atoms. The third-order valence-corrected chi connectivity index (χ3v) is 10.6. The van der Waals surface area contributed by atoms with Gasteiger partial charge in [0.25, 0.3) is 0 Å². The van der Waals surface area contributed by atoms with Gasteiger partial charge in [-0.3, -0.25) is 0 Å². The molecule has 9 unspecified atom stereocenters. The molecule has 7 aliphatic rings. The van der Waals surface area contributed by atoms with Crippen molar-refractivity contribution in [3.8, 4) is 0 Å². The lowest BCUT2D eigenvalue weighted by atomic mass is 9.33. The molecule has 3 saturated carbocycles. The summed E-state index contributed by atoms with van der Waals surface area (Å²) in [5, 5.41) is 0. The molecule has 7 rings (SSSR count). The Balaban J connectivity index is 1.50. The van der Waals surface area contributed by atoms with E-state index in [1.54, 1.807) is 12.7 Å². The van der Waals surface area contributed by atoms with E-state index >= 15 is 0 Å². The summed E-state index contributed by atoms with van der Waals surface area (Å²) in [6.07, 6.45) is 12.5. The molecule has 3 aliphatic heterocycles. The van der Waals surface area contributed by atoms with Crippen molar-refractivity contribution in [3.63, 3.8) is 0 Å². The standard InChI is InChI=1S/C27H41NO4/c1-6-8-21-23(32-21)19-14-25-10-11-26(19,30-5)24-27(25)17(2)15-28(3)22(25)13-18(9-7-12-29-4)20(27)16-31-24/h7,9,17,19,21-24H,6,8,10-16H2,1-5H3. The number of hydrogen-bond donors (Lipinski definition) is 0. The maximum absolute atomic E-state index is 6.89. The van der Waals surface area contributed by atoms with Gasteiger partial charge in [0, 0.05) is 38.1 Å². The number of hydrogen-bond acceptors (Lipinski definition) is 5. The Labute approximate surface area is 193 Å². The van der Waals surface area contributed by atoms with Gasteiger partial charge in [-0.1, -0.05) is 32.4 Å². The molecule has 2 spiro atoms. The van der Waals surface area contributed by atoms with Crippen molar-refractivity contribution in [1.29, 1.82) is 0 Å². The number of piperidine rings is 1. The molecule has 0 amide bonds. The lowest BCUT2D eigenvalue weighted by molar-refractivity contribution is -0.311. The van der Waals surface area contributed by atoms with E-state index in [1.165, 1.54) is 31.3 Å². The van der Waals surface area contributed by atoms with Crippen LogP contribution < -0.4 is 0 Å². The predicted molar refractivity (Wildman–Crippen MR) is 123 cm³/mol. The summed E-state index contributed by atoms with van der Waals surface area (Å²) < 4.78 is 25.2. The minimum Gasteiger partial charge on any atom is -0.381 e. The largest absolute Gasteiger partial charge is 0.381 e. The lowest BCUT2D eigenvalue weighted by Crippen LogP contribution is -2.80. The van der Waals surface area contributed by atoms with Crippen LogP contribution in [-0.4, -0.2) is 75.9 Å². The Kier molecular flexibility index (Phi) is 5.03. The fourth-order valence-corrected chi connectivity index (χ4v) is 9.66. The summed E-state index contributed by atoms with van der Waals surface area (Å²) in [6.45, 7) is 7.33. The van der Waals surface area contributed by atoms with E-state index in [9.17, 15) is 0 Å². The molecule has 3 heterocycles. The summed E-state index contributed by atoms with van der Waals surface area (Å²) in [6, 6.07) is 0.565. The molecule has 178 valence electrons. The second kappa shape index (κ2) is 7.39. The number of nitrogens with zero attached hydrogens (tertiary/aromatic N) is 1. The van der Waals surface area contributed by atoms with Gasteiger partial charge in [-0.05, 0) is 61.6 Å². The summed E-state index contributed by atoms with van der Waals surface area (Å²) in [7, 11) is 6.08. The highest BCUT2D eigenvalue weighted by Crippen LogP contribution is 2.78. The van der Waals surface area contributed by atoms with Crippen LogP contribution in [0.15, 0.2) is 23.3 Å². The summed E-state index contributed by atoms with van der Waals surface area (Å²) in [5.74, 6) is 1.00. The number of rotatable bonds is 7. The van der Waals surface area contributed by atoms with Crippen LogP contribution >= 0.6 is 0 Å². The maximum atomic E-state index is 6.89. The van der Waals surface area contributed by atoms with Gasteiger partial charge in [-0.2, -0.15) is 0 Å². The van der Waals surface area contributed by atoms with Crippen LogP contribution in [-0.2, 0) is 18.9 Å². The van der Waals surface area contributed by atoms with E-state index in [-0.39, 0.29) is 22.5 Å². The SMILES string of the molecule is CCCC1OC1C1CC23CCC1(OC)C1OCC4=C(C=CCOC)CC2N(C)CC(C)C413. The van der Waals surface area contributed by atoms with Crippen LogP contribution in [0.4, 0.5) is 0 Å². The molecule has 3 saturated heterocycles. The van der Waals surface area contributed by atoms with Crippen LogP contribution in [0, 0.1) is 22.7 Å². The zero-order chi connectivity index (χ0) is 22.3. The molecule has 9 atom stereocenters. The second-order valence-electron chi connectivity index (χ2n) is 11.5. The first kappa shape index (κ1) is 21.8. The summed E-state index contributed by atoms with van der Waals surface area (Å²) in [5.41, 5.74) is 3.23. The monoisotopic (exact) mass is 443 g/mol. The van der Waals surface area contributed by atoms with Gasteiger partial charge in [0.2, 0.25) is 0 Å². The molecule has 4 bridgehead atoms. The molecule has 0 aromatic rings. The lowest BCUT2D eigenvalue weighted by Gasteiger charge is -2.75. The molecule has 0 aromatic carbocycles. The van der Waals surface area contributed by atoms with Gasteiger partial charge in [0.1, 0.15) is 5.60 Å². The van der Waals surface area contributed by atoms with Crippen molar-refractivity contribution in [1.82, 2.24) is 4.90 Å². The fourth-order valence-electron chi connectivity index (χ4n) is 9.66. The van der Waals surface area contributed by atoms with Crippen LogP contribution in [0.2, 0.25) is 0 Å². The number of allylic oxidation sites excluding steroid dienone is 1. The highest BCUT2D eigenvalue weighted by molar-refractivity contribution is 5.48. The van der Waals surface area contributed by atoms with Crippen molar-refractivity contribution in [2.75, 3.05) is 41.0 Å². The normalized spacial score (nSPS) is 51.5. The minimum absolute atomic E-state index is 0.0923. The van der Waals surface area contributed by atoms with Crippen LogP contribution in [0.3, 0.4) is 0 Å². The van der Waals surface area contributed by atoms with Crippen LogP contribution in [0.1, 0.15) is 52.4 Å². The third-order valence-electron chi connectivity index (χ3n) is 10.6. The quantitative estimate of drug-likeness (QED) is 0.557. The van der Waals surface area contributed by atoms with E-state index < -0.39 is 0 Å². The molecule has 0 aromatic heterocycles. The number of fused-ring (bicyclic) bond motifs is 2. The van der Waals surface area contributed by atoms with Gasteiger partial charge < -0.3 is 23.8 Å². The predicted octanol–water partition coefficient (Wildman–Crippen LogP) is 3.98. The average Bonchev–Trinajstić information content (AvgIpc) is 3.42.